The summed E-state index contributed by atoms with van der Waals surface area (Å²) in [6, 6.07) is 14.7. The smallest absolute Gasteiger partial charge is 0.282 e. The summed E-state index contributed by atoms with van der Waals surface area (Å²) in [5.41, 5.74) is 0.292. The summed E-state index contributed by atoms with van der Waals surface area (Å²) < 4.78 is 64.0. The van der Waals surface area contributed by atoms with Crippen LogP contribution in [0.4, 0.5) is 30.2 Å². The van der Waals surface area contributed by atoms with Crippen molar-refractivity contribution in [3.05, 3.63) is 83.1 Å². The Bertz CT molecular complexity index is 1200. The van der Waals surface area contributed by atoms with Gasteiger partial charge in [0.2, 0.25) is 16.4 Å². The lowest BCUT2D eigenvalue weighted by Gasteiger charge is -2.24. The van der Waals surface area contributed by atoms with Crippen LogP contribution in [0.15, 0.2) is 66.9 Å². The predicted octanol–water partition coefficient (Wildman–Crippen LogP) is 5.01. The molecule has 0 bridgehead atoms. The van der Waals surface area contributed by atoms with Crippen LogP contribution >= 0.6 is 11.6 Å². The maximum Gasteiger partial charge on any atom is 0.433 e. The van der Waals surface area contributed by atoms with Gasteiger partial charge in [0.15, 0.2) is 0 Å². The number of pyridine rings is 1. The normalized spacial score (nSPS) is 11.8. The fraction of sp³-hybridized carbons (Fsp3) is 0.143. The minimum absolute atomic E-state index is 0.00191. The summed E-state index contributed by atoms with van der Waals surface area (Å²) in [6.07, 6.45) is -2.17. The highest BCUT2D eigenvalue weighted by atomic mass is 35.5. The molecule has 0 saturated carbocycles. The molecule has 32 heavy (non-hydrogen) atoms. The van der Waals surface area contributed by atoms with Crippen LogP contribution in [0.25, 0.3) is 0 Å². The zero-order chi connectivity index (χ0) is 23.5. The molecule has 0 aliphatic rings. The number of rotatable bonds is 7. The lowest BCUT2D eigenvalue weighted by Crippen LogP contribution is -2.29. The zero-order valence-corrected chi connectivity index (χ0v) is 18.2. The molecule has 6 nitrogen and oxygen atoms in total. The van der Waals surface area contributed by atoms with Crippen molar-refractivity contribution < 1.29 is 26.4 Å². The van der Waals surface area contributed by atoms with Crippen LogP contribution in [-0.2, 0) is 27.5 Å². The summed E-state index contributed by atoms with van der Waals surface area (Å²) in [6.45, 7) is -0.00191. The Labute approximate surface area is 187 Å². The topological polar surface area (TPSA) is 70.6 Å². The summed E-state index contributed by atoms with van der Waals surface area (Å²) in [4.78, 5) is 16.0. The Hall–Kier alpha value is -3.11. The molecule has 0 unspecified atom stereocenters. The molecule has 0 spiro atoms. The highest BCUT2D eigenvalue weighted by Gasteiger charge is 2.32. The largest absolute Gasteiger partial charge is 0.433 e. The number of hydrogen-bond acceptors (Lipinski definition) is 4. The molecule has 0 N–H and O–H groups in total. The monoisotopic (exact) mass is 483 g/mol. The van der Waals surface area contributed by atoms with Crippen LogP contribution in [-0.4, -0.2) is 26.1 Å². The van der Waals surface area contributed by atoms with Crippen LogP contribution in [0, 0.1) is 0 Å². The highest BCUT2D eigenvalue weighted by Crippen LogP contribution is 2.31. The van der Waals surface area contributed by atoms with Crippen molar-refractivity contribution in [1.82, 2.24) is 4.98 Å². The molecule has 0 atom stereocenters. The van der Waals surface area contributed by atoms with Gasteiger partial charge < -0.3 is 0 Å². The van der Waals surface area contributed by atoms with Gasteiger partial charge in [0.1, 0.15) is 5.69 Å². The Kier molecular flexibility index (Phi) is 6.75. The van der Waals surface area contributed by atoms with Gasteiger partial charge in [-0.25, -0.2) is 13.4 Å². The number of carbonyl (C=O) groups excluding carboxylic acids is 1. The number of aromatic nitrogens is 1. The second kappa shape index (κ2) is 9.17. The van der Waals surface area contributed by atoms with Gasteiger partial charge in [-0.1, -0.05) is 29.8 Å². The van der Waals surface area contributed by atoms with Crippen molar-refractivity contribution in [2.75, 3.05) is 15.5 Å². The average Bonchev–Trinajstić information content (AvgIpc) is 2.73. The number of sulfonamides is 1. The second-order valence-electron chi connectivity index (χ2n) is 6.75. The van der Waals surface area contributed by atoms with Crippen LogP contribution in [0.1, 0.15) is 11.3 Å². The first-order valence-corrected chi connectivity index (χ1v) is 11.3. The minimum Gasteiger partial charge on any atom is -0.282 e. The van der Waals surface area contributed by atoms with Crippen molar-refractivity contribution in [1.29, 1.82) is 0 Å². The molecule has 0 aliphatic heterocycles. The summed E-state index contributed by atoms with van der Waals surface area (Å²) in [5, 5.41) is 0.416. The minimum atomic E-state index is -4.59. The highest BCUT2D eigenvalue weighted by molar-refractivity contribution is 7.92. The number of carbonyl (C=O) groups is 1. The molecule has 0 aliphatic carbocycles. The first-order valence-electron chi connectivity index (χ1n) is 9.09. The Morgan fingerprint density at radius 2 is 1.56 bits per heavy atom. The van der Waals surface area contributed by atoms with Gasteiger partial charge in [0.05, 0.1) is 30.4 Å². The van der Waals surface area contributed by atoms with Crippen LogP contribution < -0.4 is 9.21 Å². The van der Waals surface area contributed by atoms with Gasteiger partial charge in [-0.2, -0.15) is 13.2 Å². The molecule has 168 valence electrons. The van der Waals surface area contributed by atoms with Gasteiger partial charge in [-0.3, -0.25) is 14.0 Å². The molecule has 1 aromatic heterocycles. The standard InChI is InChI=1S/C21H17ClF3N3O3S/c1-32(30,31)28(13-15-4-2-3-5-19(15)22)17-8-6-16(7-9-17)27(14-29)18-10-11-20(26-12-18)21(23,24)25/h2-12,14H,13H2,1H3. The Morgan fingerprint density at radius 3 is 2.06 bits per heavy atom. The number of benzene rings is 2. The van der Waals surface area contributed by atoms with E-state index in [2.05, 4.69) is 4.98 Å². The SMILES string of the molecule is CS(=O)(=O)N(Cc1ccccc1Cl)c1ccc(N(C=O)c2ccc(C(F)(F)F)nc2)cc1. The number of anilines is 3. The number of hydrogen-bond donors (Lipinski definition) is 0. The van der Waals surface area contributed by atoms with Gasteiger partial charge in [-0.05, 0) is 48.0 Å². The van der Waals surface area contributed by atoms with E-state index in [4.69, 9.17) is 11.6 Å². The fourth-order valence-electron chi connectivity index (χ4n) is 2.93. The first kappa shape index (κ1) is 23.6. The number of nitrogens with zero attached hydrogens (tertiary/aromatic N) is 3. The maximum absolute atomic E-state index is 12.7. The lowest BCUT2D eigenvalue weighted by molar-refractivity contribution is -0.141. The van der Waals surface area contributed by atoms with Gasteiger partial charge in [0, 0.05) is 10.7 Å². The van der Waals surface area contributed by atoms with E-state index in [9.17, 15) is 26.4 Å². The molecular formula is C21H17ClF3N3O3S. The van der Waals surface area contributed by atoms with E-state index >= 15 is 0 Å². The molecule has 1 heterocycles. The predicted molar refractivity (Wildman–Crippen MR) is 116 cm³/mol. The molecule has 2 aromatic carbocycles. The van der Waals surface area contributed by atoms with Crippen molar-refractivity contribution in [2.24, 2.45) is 0 Å². The summed E-state index contributed by atoms with van der Waals surface area (Å²) in [5.74, 6) is 0. The Morgan fingerprint density at radius 1 is 0.969 bits per heavy atom. The van der Waals surface area contributed by atoms with Gasteiger partial charge in [0.25, 0.3) is 0 Å². The molecule has 11 heteroatoms. The molecular weight excluding hydrogens is 467 g/mol. The quantitative estimate of drug-likeness (QED) is 0.443. The van der Waals surface area contributed by atoms with E-state index in [0.717, 1.165) is 33.8 Å². The van der Waals surface area contributed by atoms with E-state index in [-0.39, 0.29) is 12.2 Å². The van der Waals surface area contributed by atoms with Crippen LogP contribution in [0.2, 0.25) is 5.02 Å². The fourth-order valence-corrected chi connectivity index (χ4v) is 4.00. The lowest BCUT2D eigenvalue weighted by atomic mass is 10.2. The van der Waals surface area contributed by atoms with E-state index in [0.29, 0.717) is 28.4 Å². The molecule has 1 amide bonds. The van der Waals surface area contributed by atoms with E-state index in [1.165, 1.54) is 24.3 Å². The molecule has 0 radical (unpaired) electrons. The number of alkyl halides is 3. The molecule has 3 aromatic rings. The van der Waals surface area contributed by atoms with Crippen LogP contribution in [0.3, 0.4) is 0 Å². The van der Waals surface area contributed by atoms with Gasteiger partial charge >= 0.3 is 6.18 Å². The third-order valence-corrected chi connectivity index (χ3v) is 6.02. The van der Waals surface area contributed by atoms with Crippen LogP contribution in [0.5, 0.6) is 0 Å². The van der Waals surface area contributed by atoms with E-state index in [1.54, 1.807) is 24.3 Å². The third-order valence-electron chi connectivity index (χ3n) is 4.51. The summed E-state index contributed by atoms with van der Waals surface area (Å²) in [7, 11) is -3.67. The van der Waals surface area contributed by atoms with Crippen molar-refractivity contribution in [3.8, 4) is 0 Å². The molecule has 0 fully saturated rings. The summed E-state index contributed by atoms with van der Waals surface area (Å²) >= 11 is 6.16. The van der Waals surface area contributed by atoms with E-state index < -0.39 is 21.9 Å². The first-order chi connectivity index (χ1) is 15.0. The number of amides is 1. The zero-order valence-electron chi connectivity index (χ0n) is 16.6. The second-order valence-corrected chi connectivity index (χ2v) is 9.07. The average molecular weight is 484 g/mol. The van der Waals surface area contributed by atoms with E-state index in [1.807, 2.05) is 0 Å². The van der Waals surface area contributed by atoms with Crippen molar-refractivity contribution >= 4 is 45.1 Å². The molecule has 3 rings (SSSR count). The third kappa shape index (κ3) is 5.38. The maximum atomic E-state index is 12.7. The molecule has 0 saturated heterocycles. The van der Waals surface area contributed by atoms with Gasteiger partial charge in [-0.15, -0.1) is 0 Å². The Balaban J connectivity index is 1.90. The van der Waals surface area contributed by atoms with Crippen molar-refractivity contribution in [2.45, 2.75) is 12.7 Å². The number of halogens is 4. The van der Waals surface area contributed by atoms with Crippen molar-refractivity contribution in [3.63, 3.8) is 0 Å².